The molecule has 0 spiro atoms. The van der Waals surface area contributed by atoms with E-state index in [1.807, 2.05) is 0 Å². The van der Waals surface area contributed by atoms with Crippen molar-refractivity contribution in [2.24, 2.45) is 5.14 Å². The number of fused-ring (bicyclic) bond motifs is 1. The van der Waals surface area contributed by atoms with Gasteiger partial charge in [0.2, 0.25) is 10.0 Å². The van der Waals surface area contributed by atoms with E-state index in [4.69, 9.17) is 5.14 Å². The van der Waals surface area contributed by atoms with Gasteiger partial charge in [-0.15, -0.1) is 0 Å². The predicted molar refractivity (Wildman–Crippen MR) is 71.0 cm³/mol. The Labute approximate surface area is 119 Å². The Hall–Kier alpha value is -2.65. The summed E-state index contributed by atoms with van der Waals surface area (Å²) in [6.45, 7) is 0. The van der Waals surface area contributed by atoms with Crippen LogP contribution in [0.4, 0.5) is 5.69 Å². The Morgan fingerprint density at radius 2 is 1.38 bits per heavy atom. The second kappa shape index (κ2) is 4.43. The normalized spacial score (nSPS) is 14.4. The van der Waals surface area contributed by atoms with Crippen LogP contribution in [-0.2, 0) is 10.0 Å². The fourth-order valence-electron chi connectivity index (χ4n) is 1.97. The minimum Gasteiger partial charge on any atom is -0.266 e. The lowest BCUT2D eigenvalue weighted by Gasteiger charge is -2.13. The Morgan fingerprint density at radius 1 is 0.905 bits per heavy atom. The van der Waals surface area contributed by atoms with E-state index in [1.54, 1.807) is 0 Å². The van der Waals surface area contributed by atoms with Gasteiger partial charge in [0.05, 0.1) is 10.6 Å². The molecule has 0 aliphatic carbocycles. The van der Waals surface area contributed by atoms with E-state index in [1.165, 1.54) is 36.7 Å². The topological polar surface area (TPSA) is 123 Å². The average Bonchev–Trinajstić information content (AvgIpc) is 2.71. The van der Waals surface area contributed by atoms with Gasteiger partial charge < -0.3 is 0 Å². The minimum atomic E-state index is -3.84. The fourth-order valence-corrected chi connectivity index (χ4v) is 2.49. The fraction of sp³-hybridized carbons (Fsp3) is 0. The monoisotopic (exact) mass is 304 g/mol. The highest BCUT2D eigenvalue weighted by Crippen LogP contribution is 2.26. The number of benzene rings is 1. The molecule has 1 aliphatic heterocycles. The van der Waals surface area contributed by atoms with E-state index in [0.29, 0.717) is 0 Å². The molecule has 2 aromatic rings. The van der Waals surface area contributed by atoms with Gasteiger partial charge in [0.1, 0.15) is 0 Å². The van der Waals surface area contributed by atoms with Crippen LogP contribution in [0.2, 0.25) is 0 Å². The Morgan fingerprint density at radius 3 is 1.81 bits per heavy atom. The Bertz CT molecular complexity index is 826. The molecule has 0 radical (unpaired) electrons. The Kier molecular flexibility index (Phi) is 2.81. The number of sulfonamides is 1. The first-order valence-corrected chi connectivity index (χ1v) is 7.27. The number of imide groups is 1. The summed E-state index contributed by atoms with van der Waals surface area (Å²) in [6, 6.07) is 5.08. The van der Waals surface area contributed by atoms with Crippen LogP contribution < -0.4 is 10.0 Å². The number of carbonyl (C=O) groups is 2. The van der Waals surface area contributed by atoms with Gasteiger partial charge in [-0.3, -0.25) is 9.59 Å². The molecule has 2 heterocycles. The highest BCUT2D eigenvalue weighted by atomic mass is 32.2. The number of rotatable bonds is 2. The van der Waals surface area contributed by atoms with Gasteiger partial charge in [-0.1, -0.05) is 0 Å². The van der Waals surface area contributed by atoms with Crippen molar-refractivity contribution in [2.75, 3.05) is 4.90 Å². The third kappa shape index (κ3) is 2.08. The standard InChI is InChI=1S/C12H8N4O4S/c13-21(19,20)8-3-1-7(2-4-8)16-11(17)9-10(12(16)18)15-6-5-14-9/h1-6H,(H2,13,19,20). The molecule has 1 aliphatic rings. The van der Waals surface area contributed by atoms with E-state index in [0.717, 1.165) is 4.90 Å². The Balaban J connectivity index is 2.03. The van der Waals surface area contributed by atoms with Gasteiger partial charge in [-0.2, -0.15) is 0 Å². The molecule has 0 atom stereocenters. The van der Waals surface area contributed by atoms with E-state index in [9.17, 15) is 18.0 Å². The second-order valence-corrected chi connectivity index (χ2v) is 5.80. The summed E-state index contributed by atoms with van der Waals surface area (Å²) in [5.74, 6) is -1.21. The highest BCUT2D eigenvalue weighted by molar-refractivity contribution is 7.89. The number of aromatic nitrogens is 2. The second-order valence-electron chi connectivity index (χ2n) is 4.24. The average molecular weight is 304 g/mol. The minimum absolute atomic E-state index is 0.0296. The van der Waals surface area contributed by atoms with Gasteiger partial charge in [0, 0.05) is 12.4 Å². The smallest absolute Gasteiger partial charge is 0.266 e. The summed E-state index contributed by atoms with van der Waals surface area (Å²) < 4.78 is 22.4. The van der Waals surface area contributed by atoms with Crippen molar-refractivity contribution in [3.05, 3.63) is 48.0 Å². The summed E-state index contributed by atoms with van der Waals surface area (Å²) in [4.78, 5) is 32.7. The van der Waals surface area contributed by atoms with Crippen molar-refractivity contribution in [3.63, 3.8) is 0 Å². The maximum atomic E-state index is 12.1. The molecule has 106 valence electrons. The molecular weight excluding hydrogens is 296 g/mol. The molecule has 1 aromatic heterocycles. The van der Waals surface area contributed by atoms with Crippen LogP contribution in [-0.4, -0.2) is 30.2 Å². The summed E-state index contributed by atoms with van der Waals surface area (Å²) in [5.41, 5.74) is 0.160. The quantitative estimate of drug-likeness (QED) is 0.774. The lowest BCUT2D eigenvalue weighted by molar-refractivity contribution is 0.0923. The molecule has 0 bridgehead atoms. The molecule has 2 amide bonds. The first kappa shape index (κ1) is 13.3. The summed E-state index contributed by atoms with van der Waals surface area (Å²) >= 11 is 0. The number of hydrogen-bond donors (Lipinski definition) is 1. The zero-order valence-corrected chi connectivity index (χ0v) is 11.2. The van der Waals surface area contributed by atoms with Crippen molar-refractivity contribution in [1.29, 1.82) is 0 Å². The summed E-state index contributed by atoms with van der Waals surface area (Å²) in [7, 11) is -3.84. The lowest BCUT2D eigenvalue weighted by atomic mass is 10.3. The van der Waals surface area contributed by atoms with Crippen molar-refractivity contribution in [1.82, 2.24) is 9.97 Å². The highest BCUT2D eigenvalue weighted by Gasteiger charge is 2.39. The van der Waals surface area contributed by atoms with Crippen molar-refractivity contribution >= 4 is 27.5 Å². The molecule has 8 nitrogen and oxygen atoms in total. The van der Waals surface area contributed by atoms with Gasteiger partial charge in [-0.25, -0.2) is 28.4 Å². The molecule has 2 N–H and O–H groups in total. The number of carbonyl (C=O) groups excluding carboxylic acids is 2. The first-order chi connectivity index (χ1) is 9.89. The zero-order chi connectivity index (χ0) is 15.2. The van der Waals surface area contributed by atoms with Crippen LogP contribution in [0.5, 0.6) is 0 Å². The van der Waals surface area contributed by atoms with Crippen molar-refractivity contribution in [2.45, 2.75) is 4.90 Å². The van der Waals surface area contributed by atoms with Crippen LogP contribution in [0.1, 0.15) is 21.0 Å². The van der Waals surface area contributed by atoms with Gasteiger partial charge in [0.15, 0.2) is 11.4 Å². The zero-order valence-electron chi connectivity index (χ0n) is 10.4. The van der Waals surface area contributed by atoms with E-state index < -0.39 is 21.8 Å². The number of hydrogen-bond acceptors (Lipinski definition) is 6. The van der Waals surface area contributed by atoms with Crippen LogP contribution in [0, 0.1) is 0 Å². The van der Waals surface area contributed by atoms with Gasteiger partial charge in [0.25, 0.3) is 11.8 Å². The number of amides is 2. The van der Waals surface area contributed by atoms with Gasteiger partial charge in [-0.05, 0) is 24.3 Å². The van der Waals surface area contributed by atoms with Crippen LogP contribution in [0.3, 0.4) is 0 Å². The summed E-state index contributed by atoms with van der Waals surface area (Å²) in [5, 5.41) is 4.99. The molecule has 21 heavy (non-hydrogen) atoms. The van der Waals surface area contributed by atoms with Crippen molar-refractivity contribution in [3.8, 4) is 0 Å². The van der Waals surface area contributed by atoms with Crippen LogP contribution in [0.25, 0.3) is 0 Å². The van der Waals surface area contributed by atoms with E-state index >= 15 is 0 Å². The first-order valence-electron chi connectivity index (χ1n) is 5.72. The van der Waals surface area contributed by atoms with E-state index in [2.05, 4.69) is 9.97 Å². The maximum Gasteiger partial charge on any atom is 0.286 e. The van der Waals surface area contributed by atoms with E-state index in [-0.39, 0.29) is 22.0 Å². The lowest BCUT2D eigenvalue weighted by Crippen LogP contribution is -2.29. The molecule has 0 fully saturated rings. The molecule has 0 unspecified atom stereocenters. The molecule has 9 heteroatoms. The number of nitrogens with zero attached hydrogens (tertiary/aromatic N) is 3. The number of nitrogens with two attached hydrogens (primary N) is 1. The van der Waals surface area contributed by atoms with Crippen molar-refractivity contribution < 1.29 is 18.0 Å². The predicted octanol–water partition coefficient (Wildman–Crippen LogP) is -0.0754. The molecule has 0 saturated heterocycles. The van der Waals surface area contributed by atoms with Crippen LogP contribution in [0.15, 0.2) is 41.6 Å². The molecule has 1 aromatic carbocycles. The molecule has 3 rings (SSSR count). The largest absolute Gasteiger partial charge is 0.286 e. The number of primary sulfonamides is 1. The third-order valence-corrected chi connectivity index (χ3v) is 3.86. The molecular formula is C12H8N4O4S. The third-order valence-electron chi connectivity index (χ3n) is 2.93. The van der Waals surface area contributed by atoms with Gasteiger partial charge >= 0.3 is 0 Å². The number of anilines is 1. The SMILES string of the molecule is NS(=O)(=O)c1ccc(N2C(=O)c3nccnc3C2=O)cc1. The van der Waals surface area contributed by atoms with Crippen LogP contribution >= 0.6 is 0 Å². The maximum absolute atomic E-state index is 12.1. The summed E-state index contributed by atoms with van der Waals surface area (Å²) in [6.07, 6.45) is 2.63. The molecule has 0 saturated carbocycles.